The third-order valence-corrected chi connectivity index (χ3v) is 3.85. The van der Waals surface area contributed by atoms with Crippen LogP contribution in [0.2, 0.25) is 5.02 Å². The minimum Gasteiger partial charge on any atom is -0.383 e. The van der Waals surface area contributed by atoms with Crippen LogP contribution in [0.4, 0.5) is 0 Å². The number of hydrogen-bond donors (Lipinski definition) is 1. The second-order valence-corrected chi connectivity index (χ2v) is 5.40. The van der Waals surface area contributed by atoms with Gasteiger partial charge in [-0.05, 0) is 32.2 Å². The van der Waals surface area contributed by atoms with Crippen LogP contribution in [-0.4, -0.2) is 36.6 Å². The zero-order valence-corrected chi connectivity index (χ0v) is 13.3. The molecule has 0 saturated carbocycles. The minimum atomic E-state index is 0.592. The highest BCUT2D eigenvalue weighted by Gasteiger charge is 2.16. The third kappa shape index (κ3) is 5.13. The molecule has 0 aromatic carbocycles. The molecule has 1 rings (SSSR count). The number of nitrogens with zero attached hydrogens (tertiary/aromatic N) is 2. The fraction of sp³-hybridized carbons (Fsp3) is 0.786. The van der Waals surface area contributed by atoms with Gasteiger partial charge < -0.3 is 10.1 Å². The molecule has 0 aliphatic rings. The van der Waals surface area contributed by atoms with Crippen molar-refractivity contribution in [1.82, 2.24) is 15.1 Å². The number of methoxy groups -OCH3 is 1. The number of hydrogen-bond acceptors (Lipinski definition) is 3. The van der Waals surface area contributed by atoms with Crippen molar-refractivity contribution >= 4 is 11.6 Å². The summed E-state index contributed by atoms with van der Waals surface area (Å²) >= 11 is 6.32. The van der Waals surface area contributed by atoms with E-state index in [4.69, 9.17) is 16.3 Å². The lowest BCUT2D eigenvalue weighted by atomic mass is 9.97. The predicted molar refractivity (Wildman–Crippen MR) is 79.8 cm³/mol. The zero-order chi connectivity index (χ0) is 14.3. The standard InChI is InChI=1S/C14H26ClN3O/c1-5-6-12(10-16-7-8-19-4)9-13-14(15)11(2)17-18(13)3/h12,16H,5-10H2,1-4H3. The summed E-state index contributed by atoms with van der Waals surface area (Å²) in [6, 6.07) is 0. The number of nitrogens with one attached hydrogen (secondary N) is 1. The van der Waals surface area contributed by atoms with E-state index in [1.54, 1.807) is 7.11 Å². The van der Waals surface area contributed by atoms with Crippen molar-refractivity contribution in [2.75, 3.05) is 26.8 Å². The molecule has 0 aliphatic heterocycles. The molecular formula is C14H26ClN3O. The molecule has 110 valence electrons. The lowest BCUT2D eigenvalue weighted by molar-refractivity contribution is 0.197. The molecule has 0 aliphatic carbocycles. The van der Waals surface area contributed by atoms with Crippen LogP contribution in [0.15, 0.2) is 0 Å². The van der Waals surface area contributed by atoms with E-state index in [1.165, 1.54) is 12.8 Å². The van der Waals surface area contributed by atoms with Crippen LogP contribution < -0.4 is 5.32 Å². The molecule has 4 nitrogen and oxygen atoms in total. The van der Waals surface area contributed by atoms with Crippen LogP contribution >= 0.6 is 11.6 Å². The molecule has 0 spiro atoms. The number of aryl methyl sites for hydroxylation is 2. The van der Waals surface area contributed by atoms with E-state index in [9.17, 15) is 0 Å². The van der Waals surface area contributed by atoms with E-state index < -0.39 is 0 Å². The monoisotopic (exact) mass is 287 g/mol. The summed E-state index contributed by atoms with van der Waals surface area (Å²) in [6.45, 7) is 6.83. The Morgan fingerprint density at radius 1 is 1.47 bits per heavy atom. The summed E-state index contributed by atoms with van der Waals surface area (Å²) in [6.07, 6.45) is 3.36. The van der Waals surface area contributed by atoms with Crippen molar-refractivity contribution in [2.24, 2.45) is 13.0 Å². The summed E-state index contributed by atoms with van der Waals surface area (Å²) in [5.41, 5.74) is 2.06. The van der Waals surface area contributed by atoms with Crippen LogP contribution in [0.3, 0.4) is 0 Å². The van der Waals surface area contributed by atoms with E-state index in [1.807, 2.05) is 18.7 Å². The average Bonchev–Trinajstić information content (AvgIpc) is 2.61. The van der Waals surface area contributed by atoms with E-state index in [0.29, 0.717) is 5.92 Å². The first-order chi connectivity index (χ1) is 9.10. The van der Waals surface area contributed by atoms with Crippen molar-refractivity contribution in [3.05, 3.63) is 16.4 Å². The highest BCUT2D eigenvalue weighted by Crippen LogP contribution is 2.23. The van der Waals surface area contributed by atoms with Crippen LogP contribution in [0, 0.1) is 12.8 Å². The molecule has 1 aromatic heterocycles. The van der Waals surface area contributed by atoms with Gasteiger partial charge in [-0.15, -0.1) is 0 Å². The Morgan fingerprint density at radius 2 is 2.21 bits per heavy atom. The lowest BCUT2D eigenvalue weighted by Crippen LogP contribution is -2.27. The van der Waals surface area contributed by atoms with E-state index in [-0.39, 0.29) is 0 Å². The number of aromatic nitrogens is 2. The highest BCUT2D eigenvalue weighted by atomic mass is 35.5. The maximum absolute atomic E-state index is 6.32. The molecule has 0 amide bonds. The molecule has 1 aromatic rings. The van der Waals surface area contributed by atoms with Gasteiger partial charge >= 0.3 is 0 Å². The van der Waals surface area contributed by atoms with Gasteiger partial charge in [-0.3, -0.25) is 4.68 Å². The van der Waals surface area contributed by atoms with Crippen LogP contribution in [0.25, 0.3) is 0 Å². The summed E-state index contributed by atoms with van der Waals surface area (Å²) in [7, 11) is 3.69. The van der Waals surface area contributed by atoms with E-state index >= 15 is 0 Å². The smallest absolute Gasteiger partial charge is 0.0847 e. The molecule has 0 fully saturated rings. The molecule has 1 atom stereocenters. The Labute approximate surface area is 121 Å². The van der Waals surface area contributed by atoms with Crippen molar-refractivity contribution in [3.63, 3.8) is 0 Å². The first-order valence-corrected chi connectivity index (χ1v) is 7.35. The number of halogens is 1. The molecule has 1 heterocycles. The Balaban J connectivity index is 2.56. The average molecular weight is 288 g/mol. The predicted octanol–water partition coefficient (Wildman–Crippen LogP) is 2.58. The Hall–Kier alpha value is -0.580. The Bertz CT molecular complexity index is 379. The molecule has 1 unspecified atom stereocenters. The van der Waals surface area contributed by atoms with E-state index in [2.05, 4.69) is 17.3 Å². The molecule has 19 heavy (non-hydrogen) atoms. The number of rotatable bonds is 9. The summed E-state index contributed by atoms with van der Waals surface area (Å²) in [4.78, 5) is 0. The van der Waals surface area contributed by atoms with Crippen molar-refractivity contribution < 1.29 is 4.74 Å². The van der Waals surface area contributed by atoms with Crippen LogP contribution in [0.1, 0.15) is 31.2 Å². The van der Waals surface area contributed by atoms with Gasteiger partial charge in [-0.25, -0.2) is 0 Å². The second-order valence-electron chi connectivity index (χ2n) is 5.03. The second kappa shape index (κ2) is 8.56. The minimum absolute atomic E-state index is 0.592. The van der Waals surface area contributed by atoms with Gasteiger partial charge in [0.25, 0.3) is 0 Å². The van der Waals surface area contributed by atoms with Gasteiger partial charge in [0, 0.05) is 20.7 Å². The fourth-order valence-electron chi connectivity index (χ4n) is 2.34. The highest BCUT2D eigenvalue weighted by molar-refractivity contribution is 6.31. The molecular weight excluding hydrogens is 262 g/mol. The first-order valence-electron chi connectivity index (χ1n) is 6.97. The molecule has 0 bridgehead atoms. The Kier molecular flexibility index (Phi) is 7.42. The van der Waals surface area contributed by atoms with Gasteiger partial charge in [0.05, 0.1) is 23.0 Å². The van der Waals surface area contributed by atoms with E-state index in [0.717, 1.165) is 42.5 Å². The summed E-state index contributed by atoms with van der Waals surface area (Å²) in [5, 5.41) is 8.64. The third-order valence-electron chi connectivity index (χ3n) is 3.36. The maximum atomic E-state index is 6.32. The zero-order valence-electron chi connectivity index (χ0n) is 12.5. The van der Waals surface area contributed by atoms with Crippen LogP contribution in [0.5, 0.6) is 0 Å². The van der Waals surface area contributed by atoms with Crippen LogP contribution in [-0.2, 0) is 18.2 Å². The van der Waals surface area contributed by atoms with Gasteiger partial charge in [0.1, 0.15) is 0 Å². The molecule has 5 heteroatoms. The Morgan fingerprint density at radius 3 is 2.74 bits per heavy atom. The summed E-state index contributed by atoms with van der Waals surface area (Å²) in [5.74, 6) is 0.592. The van der Waals surface area contributed by atoms with Gasteiger partial charge in [0.2, 0.25) is 0 Å². The largest absolute Gasteiger partial charge is 0.383 e. The molecule has 0 radical (unpaired) electrons. The summed E-state index contributed by atoms with van der Waals surface area (Å²) < 4.78 is 6.96. The quantitative estimate of drug-likeness (QED) is 0.710. The normalized spacial score (nSPS) is 12.9. The lowest BCUT2D eigenvalue weighted by Gasteiger charge is -2.17. The van der Waals surface area contributed by atoms with Gasteiger partial charge in [-0.1, -0.05) is 24.9 Å². The number of ether oxygens (including phenoxy) is 1. The maximum Gasteiger partial charge on any atom is 0.0847 e. The SMILES string of the molecule is CCCC(CNCCOC)Cc1c(Cl)c(C)nn1C. The topological polar surface area (TPSA) is 39.1 Å². The van der Waals surface area contributed by atoms with Crippen molar-refractivity contribution in [3.8, 4) is 0 Å². The molecule has 1 N–H and O–H groups in total. The molecule has 0 saturated heterocycles. The van der Waals surface area contributed by atoms with Gasteiger partial charge in [-0.2, -0.15) is 5.10 Å². The fourth-order valence-corrected chi connectivity index (χ4v) is 2.58. The van der Waals surface area contributed by atoms with Crippen molar-refractivity contribution in [1.29, 1.82) is 0 Å². The van der Waals surface area contributed by atoms with Gasteiger partial charge in [0.15, 0.2) is 0 Å². The first kappa shape index (κ1) is 16.5. The van der Waals surface area contributed by atoms with Crippen molar-refractivity contribution in [2.45, 2.75) is 33.1 Å².